The standard InChI is InChI=1S/C22H38N2O2/c1-4-5-6-7-8-9-10-19-12-11-18(15-20(19)23)13-14-22(24)16-25-21(2,3)26-17-22/h11-12,15H,4-10,13-14,16-17,23-24H2,1-3H3. The summed E-state index contributed by atoms with van der Waals surface area (Å²) in [6.45, 7) is 7.17. The molecule has 26 heavy (non-hydrogen) atoms. The van der Waals surface area contributed by atoms with E-state index in [1.165, 1.54) is 49.7 Å². The summed E-state index contributed by atoms with van der Waals surface area (Å²) in [5.41, 5.74) is 15.7. The third kappa shape index (κ3) is 6.90. The van der Waals surface area contributed by atoms with E-state index in [0.29, 0.717) is 13.2 Å². The Kier molecular flexibility index (Phi) is 7.93. The van der Waals surface area contributed by atoms with Gasteiger partial charge in [-0.25, -0.2) is 0 Å². The third-order valence-electron chi connectivity index (χ3n) is 5.34. The molecule has 0 spiro atoms. The van der Waals surface area contributed by atoms with E-state index in [2.05, 4.69) is 25.1 Å². The molecule has 4 nitrogen and oxygen atoms in total. The largest absolute Gasteiger partial charge is 0.398 e. The lowest BCUT2D eigenvalue weighted by molar-refractivity contribution is -0.267. The van der Waals surface area contributed by atoms with E-state index in [-0.39, 0.29) is 0 Å². The van der Waals surface area contributed by atoms with Crippen molar-refractivity contribution < 1.29 is 9.47 Å². The molecule has 1 fully saturated rings. The fourth-order valence-corrected chi connectivity index (χ4v) is 3.38. The number of rotatable bonds is 10. The maximum Gasteiger partial charge on any atom is 0.162 e. The van der Waals surface area contributed by atoms with Gasteiger partial charge in [-0.05, 0) is 56.7 Å². The van der Waals surface area contributed by atoms with Gasteiger partial charge in [-0.15, -0.1) is 0 Å². The van der Waals surface area contributed by atoms with Gasteiger partial charge in [0.25, 0.3) is 0 Å². The van der Waals surface area contributed by atoms with Gasteiger partial charge >= 0.3 is 0 Å². The van der Waals surface area contributed by atoms with E-state index < -0.39 is 11.3 Å². The molecule has 0 saturated carbocycles. The molecule has 0 aliphatic carbocycles. The molecule has 0 amide bonds. The van der Waals surface area contributed by atoms with Crippen LogP contribution in [0.3, 0.4) is 0 Å². The molecule has 4 N–H and O–H groups in total. The molecule has 2 rings (SSSR count). The molecule has 4 heteroatoms. The Morgan fingerprint density at radius 1 is 0.962 bits per heavy atom. The summed E-state index contributed by atoms with van der Waals surface area (Å²) in [5, 5.41) is 0. The number of benzene rings is 1. The number of aryl methyl sites for hydroxylation is 2. The van der Waals surface area contributed by atoms with Crippen LogP contribution >= 0.6 is 0 Å². The van der Waals surface area contributed by atoms with Crippen LogP contribution in [-0.2, 0) is 22.3 Å². The Labute approximate surface area is 159 Å². The first-order valence-corrected chi connectivity index (χ1v) is 10.3. The van der Waals surface area contributed by atoms with Crippen LogP contribution in [0.1, 0.15) is 76.8 Å². The molecule has 0 radical (unpaired) electrons. The average molecular weight is 363 g/mol. The lowest BCUT2D eigenvalue weighted by Crippen LogP contribution is -2.57. The van der Waals surface area contributed by atoms with Gasteiger partial charge in [0.1, 0.15) is 0 Å². The molecule has 0 atom stereocenters. The monoisotopic (exact) mass is 362 g/mol. The summed E-state index contributed by atoms with van der Waals surface area (Å²) < 4.78 is 11.4. The lowest BCUT2D eigenvalue weighted by atomic mass is 9.92. The molecule has 0 aromatic heterocycles. The van der Waals surface area contributed by atoms with Crippen LogP contribution in [0.2, 0.25) is 0 Å². The van der Waals surface area contributed by atoms with Crippen molar-refractivity contribution in [3.8, 4) is 0 Å². The summed E-state index contributed by atoms with van der Waals surface area (Å²) in [6.07, 6.45) is 10.7. The van der Waals surface area contributed by atoms with Crippen LogP contribution in [0.25, 0.3) is 0 Å². The summed E-state index contributed by atoms with van der Waals surface area (Å²) >= 11 is 0. The van der Waals surface area contributed by atoms with Gasteiger partial charge in [-0.3, -0.25) is 0 Å². The van der Waals surface area contributed by atoms with Crippen molar-refractivity contribution in [3.63, 3.8) is 0 Å². The second-order valence-electron chi connectivity index (χ2n) is 8.39. The minimum atomic E-state index is -0.522. The summed E-state index contributed by atoms with van der Waals surface area (Å²) in [6, 6.07) is 6.50. The first kappa shape index (κ1) is 21.2. The zero-order valence-corrected chi connectivity index (χ0v) is 17.0. The SMILES string of the molecule is CCCCCCCCc1ccc(CCC2(N)COC(C)(C)OC2)cc1N. The molecular weight excluding hydrogens is 324 g/mol. The topological polar surface area (TPSA) is 70.5 Å². The van der Waals surface area contributed by atoms with Crippen LogP contribution in [0.15, 0.2) is 18.2 Å². The Hall–Kier alpha value is -1.10. The van der Waals surface area contributed by atoms with Gasteiger partial charge in [0.15, 0.2) is 5.79 Å². The van der Waals surface area contributed by atoms with Crippen molar-refractivity contribution in [3.05, 3.63) is 29.3 Å². The quantitative estimate of drug-likeness (QED) is 0.472. The number of anilines is 1. The van der Waals surface area contributed by atoms with E-state index >= 15 is 0 Å². The van der Waals surface area contributed by atoms with Crippen molar-refractivity contribution in [2.24, 2.45) is 5.73 Å². The van der Waals surface area contributed by atoms with Crippen LogP contribution in [0, 0.1) is 0 Å². The van der Waals surface area contributed by atoms with Crippen LogP contribution in [0.5, 0.6) is 0 Å². The fourth-order valence-electron chi connectivity index (χ4n) is 3.38. The number of ether oxygens (including phenoxy) is 2. The Morgan fingerprint density at radius 3 is 2.27 bits per heavy atom. The highest BCUT2D eigenvalue weighted by atomic mass is 16.7. The molecule has 148 valence electrons. The fraction of sp³-hybridized carbons (Fsp3) is 0.727. The van der Waals surface area contributed by atoms with Gasteiger partial charge in [-0.2, -0.15) is 0 Å². The van der Waals surface area contributed by atoms with E-state index in [0.717, 1.165) is 24.9 Å². The van der Waals surface area contributed by atoms with E-state index in [9.17, 15) is 0 Å². The lowest BCUT2D eigenvalue weighted by Gasteiger charge is -2.41. The Morgan fingerprint density at radius 2 is 1.62 bits per heavy atom. The number of nitrogens with two attached hydrogens (primary N) is 2. The summed E-state index contributed by atoms with van der Waals surface area (Å²) in [5.74, 6) is -0.522. The maximum atomic E-state index is 6.43. The van der Waals surface area contributed by atoms with Crippen molar-refractivity contribution >= 4 is 5.69 Å². The third-order valence-corrected chi connectivity index (χ3v) is 5.34. The molecule has 1 aromatic carbocycles. The molecule has 1 heterocycles. The zero-order valence-electron chi connectivity index (χ0n) is 17.0. The zero-order chi connectivity index (χ0) is 19.0. The van der Waals surface area contributed by atoms with Gasteiger partial charge < -0.3 is 20.9 Å². The average Bonchev–Trinajstić information content (AvgIpc) is 2.61. The minimum absolute atomic E-state index is 0.415. The maximum absolute atomic E-state index is 6.43. The molecule has 1 aliphatic heterocycles. The van der Waals surface area contributed by atoms with Gasteiger partial charge in [0.2, 0.25) is 0 Å². The molecule has 1 aliphatic rings. The van der Waals surface area contributed by atoms with Crippen molar-refractivity contribution in [2.75, 3.05) is 18.9 Å². The number of hydrogen-bond acceptors (Lipinski definition) is 4. The molecule has 0 unspecified atom stereocenters. The van der Waals surface area contributed by atoms with Gasteiger partial charge in [-0.1, -0.05) is 51.2 Å². The van der Waals surface area contributed by atoms with Crippen LogP contribution < -0.4 is 11.5 Å². The predicted octanol–water partition coefficient (Wildman–Crippen LogP) is 4.58. The minimum Gasteiger partial charge on any atom is -0.398 e. The summed E-state index contributed by atoms with van der Waals surface area (Å²) in [4.78, 5) is 0. The van der Waals surface area contributed by atoms with Crippen LogP contribution in [0.4, 0.5) is 5.69 Å². The second kappa shape index (κ2) is 9.72. The highest BCUT2D eigenvalue weighted by Crippen LogP contribution is 2.26. The second-order valence-corrected chi connectivity index (χ2v) is 8.39. The van der Waals surface area contributed by atoms with Gasteiger partial charge in [0, 0.05) is 5.69 Å². The van der Waals surface area contributed by atoms with Crippen molar-refractivity contribution in [1.29, 1.82) is 0 Å². The summed E-state index contributed by atoms with van der Waals surface area (Å²) in [7, 11) is 0. The molecular formula is C22H38N2O2. The van der Waals surface area contributed by atoms with Crippen molar-refractivity contribution in [1.82, 2.24) is 0 Å². The molecule has 1 aromatic rings. The smallest absolute Gasteiger partial charge is 0.162 e. The number of hydrogen-bond donors (Lipinski definition) is 2. The first-order valence-electron chi connectivity index (χ1n) is 10.3. The number of unbranched alkanes of at least 4 members (excludes halogenated alkanes) is 5. The van der Waals surface area contributed by atoms with Gasteiger partial charge in [0.05, 0.1) is 18.8 Å². The Balaban J connectivity index is 1.76. The molecule has 1 saturated heterocycles. The molecule has 0 bridgehead atoms. The van der Waals surface area contributed by atoms with E-state index in [4.69, 9.17) is 20.9 Å². The van der Waals surface area contributed by atoms with E-state index in [1.807, 2.05) is 13.8 Å². The predicted molar refractivity (Wildman–Crippen MR) is 109 cm³/mol. The van der Waals surface area contributed by atoms with Crippen molar-refractivity contribution in [2.45, 2.75) is 89.9 Å². The highest BCUT2D eigenvalue weighted by Gasteiger charge is 2.36. The Bertz CT molecular complexity index is 547. The normalized spacial score (nSPS) is 18.8. The number of nitrogen functional groups attached to an aromatic ring is 1. The van der Waals surface area contributed by atoms with Crippen LogP contribution in [-0.4, -0.2) is 24.5 Å². The van der Waals surface area contributed by atoms with E-state index in [1.54, 1.807) is 0 Å². The first-order chi connectivity index (χ1) is 12.3. The highest BCUT2D eigenvalue weighted by molar-refractivity contribution is 5.49.